The van der Waals surface area contributed by atoms with Gasteiger partial charge < -0.3 is 0 Å². The molecule has 10 heavy (non-hydrogen) atoms. The molecule has 1 aromatic carbocycles. The first-order valence-corrected chi connectivity index (χ1v) is 4.04. The zero-order chi connectivity index (χ0) is 7.56. The molecular weight excluding hydrogens is 237 g/mol. The Morgan fingerprint density at radius 2 is 2.20 bits per heavy atom. The van der Waals surface area contributed by atoms with Crippen LogP contribution in [0.2, 0.25) is 0 Å². The monoisotopic (exact) mass is 244 g/mol. The van der Waals surface area contributed by atoms with Crippen molar-refractivity contribution in [3.63, 3.8) is 0 Å². The summed E-state index contributed by atoms with van der Waals surface area (Å²) in [6, 6.07) is 7.55. The zero-order valence-corrected chi connectivity index (χ0v) is 7.75. The Kier molecular flexibility index (Phi) is 2.43. The molecule has 1 aromatic rings. The smallest absolute Gasteiger partial charge is 0.159 e. The van der Waals surface area contributed by atoms with Gasteiger partial charge in [-0.1, -0.05) is 12.1 Å². The van der Waals surface area contributed by atoms with Gasteiger partial charge in [-0.2, -0.15) is 0 Å². The van der Waals surface area contributed by atoms with Crippen molar-refractivity contribution < 1.29 is 4.79 Å². The van der Waals surface area contributed by atoms with Gasteiger partial charge in [-0.3, -0.25) is 4.79 Å². The minimum absolute atomic E-state index is 0.124. The molecule has 0 N–H and O–H groups in total. The molecular formula is C8H7IO. The van der Waals surface area contributed by atoms with Gasteiger partial charge >= 0.3 is 0 Å². The van der Waals surface area contributed by atoms with Gasteiger partial charge in [0, 0.05) is 9.13 Å². The molecule has 0 spiro atoms. The molecule has 0 aliphatic rings. The predicted octanol–water partition coefficient (Wildman–Crippen LogP) is 2.49. The number of ketones is 1. The molecule has 2 heteroatoms. The fourth-order valence-corrected chi connectivity index (χ4v) is 1.25. The number of Topliss-reactive ketones (excluding diaryl/α,β-unsaturated/α-hetero) is 1. The Bertz CT molecular complexity index is 255. The van der Waals surface area contributed by atoms with Crippen LogP contribution in [0.1, 0.15) is 17.3 Å². The van der Waals surface area contributed by atoms with Crippen molar-refractivity contribution in [2.24, 2.45) is 0 Å². The van der Waals surface area contributed by atoms with Crippen LogP contribution in [-0.4, -0.2) is 5.78 Å². The molecule has 0 amide bonds. The second-order valence-corrected chi connectivity index (χ2v) is 3.31. The van der Waals surface area contributed by atoms with E-state index in [-0.39, 0.29) is 5.78 Å². The maximum Gasteiger partial charge on any atom is 0.159 e. The third-order valence-corrected chi connectivity index (χ3v) is 1.90. The Morgan fingerprint density at radius 1 is 1.50 bits per heavy atom. The van der Waals surface area contributed by atoms with Crippen molar-refractivity contribution in [3.05, 3.63) is 33.4 Å². The molecule has 0 radical (unpaired) electrons. The second kappa shape index (κ2) is 3.14. The summed E-state index contributed by atoms with van der Waals surface area (Å²) in [6.07, 6.45) is 0. The van der Waals surface area contributed by atoms with E-state index < -0.39 is 0 Å². The molecule has 0 heterocycles. The number of carbonyl (C=O) groups excluding carboxylic acids is 1. The van der Waals surface area contributed by atoms with Gasteiger partial charge in [-0.25, -0.2) is 0 Å². The molecule has 0 saturated heterocycles. The minimum atomic E-state index is 0.124. The Labute approximate surface area is 73.6 Å². The number of benzene rings is 1. The average molecular weight is 244 g/mol. The lowest BCUT2D eigenvalue weighted by atomic mass is 10.2. The molecule has 52 valence electrons. The molecule has 0 aliphatic heterocycles. The number of hydrogen-bond donors (Lipinski definition) is 0. The highest BCUT2D eigenvalue weighted by Crippen LogP contribution is 2.07. The van der Waals surface area contributed by atoms with Gasteiger partial charge in [-0.15, -0.1) is 0 Å². The number of halogens is 1. The second-order valence-electron chi connectivity index (χ2n) is 2.07. The van der Waals surface area contributed by atoms with Gasteiger partial charge in [0.25, 0.3) is 0 Å². The lowest BCUT2D eigenvalue weighted by Gasteiger charge is -1.93. The molecule has 0 aliphatic carbocycles. The molecule has 0 fully saturated rings. The van der Waals surface area contributed by atoms with Gasteiger partial charge in [0.2, 0.25) is 0 Å². The third kappa shape index (κ3) is 1.80. The quantitative estimate of drug-likeness (QED) is 0.548. The molecule has 0 bridgehead atoms. The summed E-state index contributed by atoms with van der Waals surface area (Å²) in [7, 11) is 0. The fourth-order valence-electron chi connectivity index (χ4n) is 0.707. The van der Waals surface area contributed by atoms with Crippen LogP contribution in [0.3, 0.4) is 0 Å². The lowest BCUT2D eigenvalue weighted by Crippen LogP contribution is -1.90. The summed E-state index contributed by atoms with van der Waals surface area (Å²) >= 11 is 2.19. The zero-order valence-electron chi connectivity index (χ0n) is 5.60. The van der Waals surface area contributed by atoms with Crippen LogP contribution in [-0.2, 0) is 0 Å². The number of hydrogen-bond acceptors (Lipinski definition) is 1. The highest BCUT2D eigenvalue weighted by molar-refractivity contribution is 14.1. The van der Waals surface area contributed by atoms with Crippen LogP contribution in [0.25, 0.3) is 0 Å². The largest absolute Gasteiger partial charge is 0.295 e. The van der Waals surface area contributed by atoms with E-state index in [4.69, 9.17) is 0 Å². The lowest BCUT2D eigenvalue weighted by molar-refractivity contribution is 0.101. The maximum absolute atomic E-state index is 10.8. The van der Waals surface area contributed by atoms with Crippen molar-refractivity contribution >= 4 is 28.4 Å². The topological polar surface area (TPSA) is 17.1 Å². The van der Waals surface area contributed by atoms with Crippen LogP contribution in [0, 0.1) is 3.57 Å². The van der Waals surface area contributed by atoms with E-state index in [0.29, 0.717) is 0 Å². The van der Waals surface area contributed by atoms with Gasteiger partial charge in [0.1, 0.15) is 0 Å². The number of carbonyl (C=O) groups is 1. The van der Waals surface area contributed by atoms with E-state index >= 15 is 0 Å². The van der Waals surface area contributed by atoms with E-state index in [1.165, 1.54) is 0 Å². The van der Waals surface area contributed by atoms with Gasteiger partial charge in [0.15, 0.2) is 5.78 Å². The van der Waals surface area contributed by atoms with Crippen molar-refractivity contribution in [1.82, 2.24) is 0 Å². The van der Waals surface area contributed by atoms with E-state index in [0.717, 1.165) is 9.13 Å². The summed E-state index contributed by atoms with van der Waals surface area (Å²) in [5, 5.41) is 0. The van der Waals surface area contributed by atoms with Crippen LogP contribution in [0.4, 0.5) is 0 Å². The first-order chi connectivity index (χ1) is 4.70. The predicted molar refractivity (Wildman–Crippen MR) is 49.2 cm³/mol. The first kappa shape index (κ1) is 7.72. The van der Waals surface area contributed by atoms with Crippen LogP contribution < -0.4 is 0 Å². The van der Waals surface area contributed by atoms with Crippen molar-refractivity contribution in [1.29, 1.82) is 0 Å². The molecule has 1 rings (SSSR count). The summed E-state index contributed by atoms with van der Waals surface area (Å²) in [5.74, 6) is 0.124. The Hall–Kier alpha value is -0.380. The SMILES string of the molecule is CC(=O)c1cccc([125I])c1. The van der Waals surface area contributed by atoms with Crippen molar-refractivity contribution in [2.75, 3.05) is 0 Å². The van der Waals surface area contributed by atoms with Crippen LogP contribution in [0.15, 0.2) is 24.3 Å². The van der Waals surface area contributed by atoms with E-state index in [1.54, 1.807) is 6.92 Å². The minimum Gasteiger partial charge on any atom is -0.295 e. The normalized spacial score (nSPS) is 9.40. The highest BCUT2D eigenvalue weighted by Gasteiger charge is 1.96. The van der Waals surface area contributed by atoms with E-state index in [1.807, 2.05) is 24.3 Å². The summed E-state index contributed by atoms with van der Waals surface area (Å²) in [4.78, 5) is 10.8. The van der Waals surface area contributed by atoms with Crippen LogP contribution >= 0.6 is 22.6 Å². The van der Waals surface area contributed by atoms with E-state index in [2.05, 4.69) is 22.6 Å². The summed E-state index contributed by atoms with van der Waals surface area (Å²) in [6.45, 7) is 1.57. The molecule has 0 atom stereocenters. The number of rotatable bonds is 1. The molecule has 0 saturated carbocycles. The highest BCUT2D eigenvalue weighted by atomic mass is 125. The van der Waals surface area contributed by atoms with E-state index in [9.17, 15) is 4.79 Å². The molecule has 1 nitrogen and oxygen atoms in total. The average Bonchev–Trinajstić information content (AvgIpc) is 1.88. The standard InChI is InChI=1S/C8H7IO/c1-6(10)7-3-2-4-8(9)5-7/h2-5H,1H3/i9-2. The first-order valence-electron chi connectivity index (χ1n) is 2.96. The summed E-state index contributed by atoms with van der Waals surface area (Å²) in [5.41, 5.74) is 0.784. The maximum atomic E-state index is 10.8. The summed E-state index contributed by atoms with van der Waals surface area (Å²) < 4.78 is 1.10. The fraction of sp³-hybridized carbons (Fsp3) is 0.125. The third-order valence-electron chi connectivity index (χ3n) is 1.23. The van der Waals surface area contributed by atoms with Crippen molar-refractivity contribution in [3.8, 4) is 0 Å². The van der Waals surface area contributed by atoms with Crippen LogP contribution in [0.5, 0.6) is 0 Å². The molecule has 0 unspecified atom stereocenters. The molecule has 0 aromatic heterocycles. The van der Waals surface area contributed by atoms with Gasteiger partial charge in [0.05, 0.1) is 0 Å². The Morgan fingerprint density at radius 3 is 2.60 bits per heavy atom. The Balaban J connectivity index is 3.07. The van der Waals surface area contributed by atoms with Gasteiger partial charge in [-0.05, 0) is 41.6 Å². The van der Waals surface area contributed by atoms with Crippen molar-refractivity contribution in [2.45, 2.75) is 6.92 Å².